The van der Waals surface area contributed by atoms with Crippen LogP contribution in [0.5, 0.6) is 0 Å². The van der Waals surface area contributed by atoms with Crippen molar-refractivity contribution in [2.75, 3.05) is 11.9 Å². The van der Waals surface area contributed by atoms with E-state index in [1.54, 1.807) is 30.3 Å². The molecular formula is C23H22N2O3S. The Morgan fingerprint density at radius 1 is 0.897 bits per heavy atom. The summed E-state index contributed by atoms with van der Waals surface area (Å²) in [6.07, 6.45) is 0. The second kappa shape index (κ2) is 7.37. The Hall–Kier alpha value is -3.12. The Balaban J connectivity index is 1.85. The van der Waals surface area contributed by atoms with Crippen molar-refractivity contribution in [3.05, 3.63) is 95.1 Å². The molecule has 4 rings (SSSR count). The molecule has 3 aromatic carbocycles. The van der Waals surface area contributed by atoms with Crippen LogP contribution in [0.1, 0.15) is 33.1 Å². The van der Waals surface area contributed by atoms with E-state index in [4.69, 9.17) is 0 Å². The molecule has 0 aliphatic carbocycles. The van der Waals surface area contributed by atoms with E-state index in [0.717, 1.165) is 21.0 Å². The van der Waals surface area contributed by atoms with Crippen molar-refractivity contribution in [3.8, 4) is 0 Å². The number of fused-ring (bicyclic) bond motifs is 1. The van der Waals surface area contributed by atoms with Crippen LogP contribution in [0.4, 0.5) is 5.69 Å². The maximum Gasteiger partial charge on any atom is 0.269 e. The highest BCUT2D eigenvalue weighted by molar-refractivity contribution is 7.89. The molecule has 1 unspecified atom stereocenters. The third-order valence-corrected chi connectivity index (χ3v) is 6.88. The molecule has 1 amide bonds. The van der Waals surface area contributed by atoms with Crippen LogP contribution in [0.3, 0.4) is 0 Å². The standard InChI is InChI=1S/C23H22N2O3S/c1-16-8-11-19(12-9-16)29(27,28)25-15-22(18-6-4-3-5-7-18)24-21-13-10-17(2)14-20(21)23(25)26/h3-14,22,24H,15H2,1-2H3. The van der Waals surface area contributed by atoms with E-state index in [2.05, 4.69) is 5.32 Å². The smallest absolute Gasteiger partial charge is 0.269 e. The summed E-state index contributed by atoms with van der Waals surface area (Å²) in [5, 5.41) is 3.37. The van der Waals surface area contributed by atoms with E-state index in [1.807, 2.05) is 56.3 Å². The van der Waals surface area contributed by atoms with Gasteiger partial charge in [-0.3, -0.25) is 4.79 Å². The third kappa shape index (κ3) is 3.63. The summed E-state index contributed by atoms with van der Waals surface area (Å²) in [7, 11) is -4.00. The van der Waals surface area contributed by atoms with Gasteiger partial charge < -0.3 is 5.32 Å². The van der Waals surface area contributed by atoms with Crippen LogP contribution in [0.25, 0.3) is 0 Å². The van der Waals surface area contributed by atoms with Gasteiger partial charge in [-0.2, -0.15) is 0 Å². The topological polar surface area (TPSA) is 66.5 Å². The molecule has 3 aromatic rings. The van der Waals surface area contributed by atoms with Gasteiger partial charge in [-0.15, -0.1) is 0 Å². The van der Waals surface area contributed by atoms with Crippen LogP contribution in [0.15, 0.2) is 77.7 Å². The first-order valence-electron chi connectivity index (χ1n) is 9.42. The van der Waals surface area contributed by atoms with Crippen molar-refractivity contribution < 1.29 is 13.2 Å². The molecule has 6 heteroatoms. The zero-order chi connectivity index (χ0) is 20.6. The lowest BCUT2D eigenvalue weighted by atomic mass is 10.1. The van der Waals surface area contributed by atoms with Crippen LogP contribution >= 0.6 is 0 Å². The van der Waals surface area contributed by atoms with Crippen molar-refractivity contribution >= 4 is 21.6 Å². The van der Waals surface area contributed by atoms with Crippen LogP contribution in [-0.2, 0) is 10.0 Å². The van der Waals surface area contributed by atoms with Crippen molar-refractivity contribution in [1.29, 1.82) is 0 Å². The number of rotatable bonds is 3. The minimum atomic E-state index is -4.00. The van der Waals surface area contributed by atoms with Crippen LogP contribution in [-0.4, -0.2) is 25.2 Å². The van der Waals surface area contributed by atoms with Crippen molar-refractivity contribution in [2.24, 2.45) is 0 Å². The molecule has 0 spiro atoms. The number of anilines is 1. The summed E-state index contributed by atoms with van der Waals surface area (Å²) in [5.41, 5.74) is 3.76. The molecule has 29 heavy (non-hydrogen) atoms. The molecule has 5 nitrogen and oxygen atoms in total. The second-order valence-electron chi connectivity index (χ2n) is 7.31. The molecule has 0 radical (unpaired) electrons. The molecule has 1 N–H and O–H groups in total. The van der Waals surface area contributed by atoms with Gasteiger partial charge in [-0.1, -0.05) is 59.7 Å². The number of nitrogens with zero attached hydrogens (tertiary/aromatic N) is 1. The number of hydrogen-bond acceptors (Lipinski definition) is 4. The monoisotopic (exact) mass is 406 g/mol. The summed E-state index contributed by atoms with van der Waals surface area (Å²) in [4.78, 5) is 13.5. The predicted octanol–water partition coefficient (Wildman–Crippen LogP) is 4.30. The first kappa shape index (κ1) is 19.2. The highest BCUT2D eigenvalue weighted by Crippen LogP contribution is 2.32. The molecule has 1 atom stereocenters. The Labute approximate surface area is 171 Å². The lowest BCUT2D eigenvalue weighted by Gasteiger charge is -2.25. The van der Waals surface area contributed by atoms with E-state index in [9.17, 15) is 13.2 Å². The molecule has 0 aromatic heterocycles. The van der Waals surface area contributed by atoms with Gasteiger partial charge in [0.05, 0.1) is 23.0 Å². The highest BCUT2D eigenvalue weighted by atomic mass is 32.2. The number of sulfonamides is 1. The lowest BCUT2D eigenvalue weighted by Crippen LogP contribution is -2.39. The quantitative estimate of drug-likeness (QED) is 0.704. The number of carbonyl (C=O) groups is 1. The van der Waals surface area contributed by atoms with E-state index in [1.165, 1.54) is 0 Å². The fourth-order valence-corrected chi connectivity index (χ4v) is 4.89. The van der Waals surface area contributed by atoms with E-state index in [-0.39, 0.29) is 17.5 Å². The lowest BCUT2D eigenvalue weighted by molar-refractivity contribution is 0.0863. The van der Waals surface area contributed by atoms with Gasteiger partial charge in [-0.05, 0) is 43.7 Å². The maximum atomic E-state index is 13.4. The minimum absolute atomic E-state index is 0.00673. The average molecular weight is 407 g/mol. The Kier molecular flexibility index (Phi) is 4.88. The van der Waals surface area contributed by atoms with Gasteiger partial charge >= 0.3 is 0 Å². The Morgan fingerprint density at radius 2 is 1.55 bits per heavy atom. The highest BCUT2D eigenvalue weighted by Gasteiger charge is 2.36. The number of nitrogens with one attached hydrogen (secondary N) is 1. The molecule has 1 aliphatic heterocycles. The van der Waals surface area contributed by atoms with Gasteiger partial charge in [0.15, 0.2) is 0 Å². The zero-order valence-corrected chi connectivity index (χ0v) is 17.1. The fraction of sp³-hybridized carbons (Fsp3) is 0.174. The summed E-state index contributed by atoms with van der Waals surface area (Å²) in [6, 6.07) is 21.2. The van der Waals surface area contributed by atoms with Crippen molar-refractivity contribution in [2.45, 2.75) is 24.8 Å². The van der Waals surface area contributed by atoms with Gasteiger partial charge in [-0.25, -0.2) is 12.7 Å². The summed E-state index contributed by atoms with van der Waals surface area (Å²) >= 11 is 0. The Morgan fingerprint density at radius 3 is 2.24 bits per heavy atom. The minimum Gasteiger partial charge on any atom is -0.376 e. The van der Waals surface area contributed by atoms with Gasteiger partial charge in [0.25, 0.3) is 15.9 Å². The fourth-order valence-electron chi connectivity index (χ4n) is 3.50. The van der Waals surface area contributed by atoms with Crippen molar-refractivity contribution in [3.63, 3.8) is 0 Å². The molecule has 148 valence electrons. The normalized spacial score (nSPS) is 16.7. The number of amides is 1. The number of hydrogen-bond donors (Lipinski definition) is 1. The van der Waals surface area contributed by atoms with Gasteiger partial charge in [0, 0.05) is 5.69 Å². The second-order valence-corrected chi connectivity index (χ2v) is 9.17. The molecule has 0 saturated heterocycles. The first-order chi connectivity index (χ1) is 13.9. The SMILES string of the molecule is Cc1ccc(S(=O)(=O)N2CC(c3ccccc3)Nc3ccc(C)cc3C2=O)cc1. The number of aryl methyl sites for hydroxylation is 2. The van der Waals surface area contributed by atoms with E-state index >= 15 is 0 Å². The first-order valence-corrected chi connectivity index (χ1v) is 10.9. The summed E-state index contributed by atoms with van der Waals surface area (Å²) in [5.74, 6) is -0.518. The van der Waals surface area contributed by atoms with Gasteiger partial charge in [0.1, 0.15) is 0 Å². The van der Waals surface area contributed by atoms with Crippen LogP contribution < -0.4 is 5.32 Å². The van der Waals surface area contributed by atoms with E-state index < -0.39 is 15.9 Å². The summed E-state index contributed by atoms with van der Waals surface area (Å²) < 4.78 is 27.8. The maximum absolute atomic E-state index is 13.4. The molecule has 0 bridgehead atoms. The van der Waals surface area contributed by atoms with E-state index in [0.29, 0.717) is 11.3 Å². The number of carbonyl (C=O) groups excluding carboxylic acids is 1. The molecule has 0 saturated carbocycles. The third-order valence-electron chi connectivity index (χ3n) is 5.12. The van der Waals surface area contributed by atoms with Crippen molar-refractivity contribution in [1.82, 2.24) is 4.31 Å². The predicted molar refractivity (Wildman–Crippen MR) is 113 cm³/mol. The molecular weight excluding hydrogens is 384 g/mol. The van der Waals surface area contributed by atoms with Crippen LogP contribution in [0.2, 0.25) is 0 Å². The molecule has 1 heterocycles. The molecule has 0 fully saturated rings. The van der Waals surface area contributed by atoms with Gasteiger partial charge in [0.2, 0.25) is 0 Å². The molecule has 1 aliphatic rings. The number of benzene rings is 3. The average Bonchev–Trinajstić information content (AvgIpc) is 2.86. The van der Waals surface area contributed by atoms with Crippen LogP contribution in [0, 0.1) is 13.8 Å². The Bertz CT molecular complexity index is 1160. The summed E-state index contributed by atoms with van der Waals surface area (Å²) in [6.45, 7) is 3.78. The zero-order valence-electron chi connectivity index (χ0n) is 16.3. The largest absolute Gasteiger partial charge is 0.376 e.